The Morgan fingerprint density at radius 3 is 2.14 bits per heavy atom. The van der Waals surface area contributed by atoms with Gasteiger partial charge in [0.25, 0.3) is 5.91 Å². The minimum absolute atomic E-state index is 0.243. The van der Waals surface area contributed by atoms with Crippen LogP contribution in [-0.4, -0.2) is 16.8 Å². The molecule has 28 heavy (non-hydrogen) atoms. The maximum atomic E-state index is 14.4. The maximum absolute atomic E-state index is 14.4. The van der Waals surface area contributed by atoms with Crippen LogP contribution in [0.15, 0.2) is 53.8 Å². The van der Waals surface area contributed by atoms with Gasteiger partial charge in [-0.05, 0) is 29.8 Å². The van der Waals surface area contributed by atoms with Crippen molar-refractivity contribution in [1.82, 2.24) is 0 Å². The molecule has 1 heterocycles. The van der Waals surface area contributed by atoms with E-state index in [9.17, 15) is 27.9 Å². The van der Waals surface area contributed by atoms with E-state index in [-0.39, 0.29) is 11.1 Å². The van der Waals surface area contributed by atoms with Crippen molar-refractivity contribution in [2.24, 2.45) is 5.41 Å². The third-order valence-corrected chi connectivity index (χ3v) is 4.49. The van der Waals surface area contributed by atoms with E-state index in [0.717, 1.165) is 35.2 Å². The molecule has 2 aromatic carbocycles. The summed E-state index contributed by atoms with van der Waals surface area (Å²) in [5.41, 5.74) is -1.36. The molecule has 0 aliphatic carbocycles. The van der Waals surface area contributed by atoms with Gasteiger partial charge in [0, 0.05) is 11.5 Å². The van der Waals surface area contributed by atoms with Crippen LogP contribution in [0.25, 0.3) is 0 Å². The fourth-order valence-corrected chi connectivity index (χ4v) is 3.12. The standard InChI is InChI=1S/C21H18F3NO3/c1-21(2,3)19(27)16-17(11-4-6-12(22)7-5-11)25(20(28)18(16)26)15-10-13(23)8-9-14(15)24/h4-10,17,26H,1-3H3. The molecule has 2 aromatic rings. The number of rotatable bonds is 3. The largest absolute Gasteiger partial charge is 0.503 e. The second-order valence-electron chi connectivity index (χ2n) is 7.57. The lowest BCUT2D eigenvalue weighted by atomic mass is 9.82. The van der Waals surface area contributed by atoms with Crippen molar-refractivity contribution in [3.8, 4) is 0 Å². The Hall–Kier alpha value is -3.09. The number of ketones is 1. The summed E-state index contributed by atoms with van der Waals surface area (Å²) in [5.74, 6) is -4.65. The molecule has 1 atom stereocenters. The highest BCUT2D eigenvalue weighted by molar-refractivity contribution is 6.17. The van der Waals surface area contributed by atoms with Crippen molar-refractivity contribution >= 4 is 17.4 Å². The minimum Gasteiger partial charge on any atom is -0.503 e. The first-order chi connectivity index (χ1) is 13.0. The van der Waals surface area contributed by atoms with E-state index in [1.807, 2.05) is 0 Å². The number of amides is 1. The summed E-state index contributed by atoms with van der Waals surface area (Å²) >= 11 is 0. The monoisotopic (exact) mass is 389 g/mol. The van der Waals surface area contributed by atoms with Gasteiger partial charge in [0.2, 0.25) is 0 Å². The summed E-state index contributed by atoms with van der Waals surface area (Å²) in [6.07, 6.45) is 0. The van der Waals surface area contributed by atoms with Gasteiger partial charge in [0.1, 0.15) is 17.5 Å². The molecule has 1 aliphatic heterocycles. The predicted octanol–water partition coefficient (Wildman–Crippen LogP) is 4.62. The van der Waals surface area contributed by atoms with E-state index in [2.05, 4.69) is 0 Å². The molecule has 146 valence electrons. The van der Waals surface area contributed by atoms with Gasteiger partial charge in [-0.15, -0.1) is 0 Å². The smallest absolute Gasteiger partial charge is 0.294 e. The van der Waals surface area contributed by atoms with Crippen molar-refractivity contribution in [3.63, 3.8) is 0 Å². The number of aliphatic hydroxyl groups excluding tert-OH is 1. The number of anilines is 1. The average molecular weight is 389 g/mol. The Balaban J connectivity index is 2.25. The Morgan fingerprint density at radius 2 is 1.57 bits per heavy atom. The van der Waals surface area contributed by atoms with Crippen LogP contribution in [0.3, 0.4) is 0 Å². The highest BCUT2D eigenvalue weighted by Crippen LogP contribution is 2.44. The number of benzene rings is 2. The lowest BCUT2D eigenvalue weighted by Gasteiger charge is -2.29. The molecule has 0 aromatic heterocycles. The Kier molecular flexibility index (Phi) is 4.79. The van der Waals surface area contributed by atoms with Gasteiger partial charge in [-0.1, -0.05) is 32.9 Å². The molecule has 3 rings (SSSR count). The van der Waals surface area contributed by atoms with Crippen LogP contribution in [0.4, 0.5) is 18.9 Å². The molecule has 0 fully saturated rings. The molecule has 1 aliphatic rings. The van der Waals surface area contributed by atoms with Crippen LogP contribution >= 0.6 is 0 Å². The topological polar surface area (TPSA) is 57.6 Å². The van der Waals surface area contributed by atoms with Gasteiger partial charge in [-0.25, -0.2) is 13.2 Å². The fraction of sp³-hybridized carbons (Fsp3) is 0.238. The number of carbonyl (C=O) groups is 2. The highest BCUT2D eigenvalue weighted by atomic mass is 19.1. The number of aliphatic hydroxyl groups is 1. The molecule has 1 amide bonds. The van der Waals surface area contributed by atoms with E-state index < -0.39 is 52.0 Å². The van der Waals surface area contributed by atoms with E-state index in [4.69, 9.17) is 0 Å². The van der Waals surface area contributed by atoms with Crippen molar-refractivity contribution < 1.29 is 27.9 Å². The van der Waals surface area contributed by atoms with Crippen LogP contribution in [0.5, 0.6) is 0 Å². The number of Topliss-reactive ketones (excluding diaryl/α,β-unsaturated/α-hetero) is 1. The average Bonchev–Trinajstić information content (AvgIpc) is 2.87. The van der Waals surface area contributed by atoms with Crippen LogP contribution in [-0.2, 0) is 9.59 Å². The molecule has 0 bridgehead atoms. The van der Waals surface area contributed by atoms with Crippen LogP contribution in [0, 0.1) is 22.9 Å². The van der Waals surface area contributed by atoms with Crippen LogP contribution < -0.4 is 4.90 Å². The summed E-state index contributed by atoms with van der Waals surface area (Å²) < 4.78 is 41.6. The quantitative estimate of drug-likeness (QED) is 0.834. The van der Waals surface area contributed by atoms with Gasteiger partial charge in [0.15, 0.2) is 11.5 Å². The minimum atomic E-state index is -1.23. The maximum Gasteiger partial charge on any atom is 0.294 e. The SMILES string of the molecule is CC(C)(C)C(=O)C1=C(O)C(=O)N(c2cc(F)ccc2F)C1c1ccc(F)cc1. The Labute approximate surface area is 159 Å². The van der Waals surface area contributed by atoms with Gasteiger partial charge >= 0.3 is 0 Å². The van der Waals surface area contributed by atoms with E-state index in [1.54, 1.807) is 20.8 Å². The summed E-state index contributed by atoms with van der Waals surface area (Å²) in [4.78, 5) is 26.5. The lowest BCUT2D eigenvalue weighted by Crippen LogP contribution is -2.33. The van der Waals surface area contributed by atoms with E-state index >= 15 is 0 Å². The first-order valence-electron chi connectivity index (χ1n) is 8.54. The van der Waals surface area contributed by atoms with Crippen molar-refractivity contribution in [2.45, 2.75) is 26.8 Å². The molecular weight excluding hydrogens is 371 g/mol. The zero-order chi connectivity index (χ0) is 20.8. The van der Waals surface area contributed by atoms with Crippen LogP contribution in [0.2, 0.25) is 0 Å². The van der Waals surface area contributed by atoms with Gasteiger partial charge < -0.3 is 5.11 Å². The van der Waals surface area contributed by atoms with Crippen LogP contribution in [0.1, 0.15) is 32.4 Å². The molecule has 1 unspecified atom stereocenters. The molecular formula is C21H18F3NO3. The Bertz CT molecular complexity index is 991. The van der Waals surface area contributed by atoms with Crippen molar-refractivity contribution in [1.29, 1.82) is 0 Å². The lowest BCUT2D eigenvalue weighted by molar-refractivity contribution is -0.123. The fourth-order valence-electron chi connectivity index (χ4n) is 3.12. The molecule has 0 saturated heterocycles. The third-order valence-electron chi connectivity index (χ3n) is 4.49. The molecule has 0 spiro atoms. The number of halogens is 3. The van der Waals surface area contributed by atoms with Gasteiger partial charge in [0.05, 0.1) is 17.3 Å². The van der Waals surface area contributed by atoms with Crippen molar-refractivity contribution in [3.05, 3.63) is 76.8 Å². The molecule has 4 nitrogen and oxygen atoms in total. The molecule has 0 saturated carbocycles. The molecule has 1 N–H and O–H groups in total. The van der Waals surface area contributed by atoms with E-state index in [1.165, 1.54) is 12.1 Å². The second-order valence-corrected chi connectivity index (χ2v) is 7.57. The first kappa shape index (κ1) is 19.7. The summed E-state index contributed by atoms with van der Waals surface area (Å²) in [7, 11) is 0. The van der Waals surface area contributed by atoms with Gasteiger partial charge in [-0.3, -0.25) is 14.5 Å². The summed E-state index contributed by atoms with van der Waals surface area (Å²) in [6.45, 7) is 4.81. The highest BCUT2D eigenvalue weighted by Gasteiger charge is 2.47. The molecule has 0 radical (unpaired) electrons. The van der Waals surface area contributed by atoms with E-state index in [0.29, 0.717) is 0 Å². The third kappa shape index (κ3) is 3.28. The number of nitrogens with zero attached hydrogens (tertiary/aromatic N) is 1. The zero-order valence-corrected chi connectivity index (χ0v) is 15.5. The first-order valence-corrected chi connectivity index (χ1v) is 8.54. The molecule has 7 heteroatoms. The number of carbonyl (C=O) groups excluding carboxylic acids is 2. The number of hydrogen-bond donors (Lipinski definition) is 1. The summed E-state index contributed by atoms with van der Waals surface area (Å²) in [5, 5.41) is 10.4. The zero-order valence-electron chi connectivity index (χ0n) is 15.5. The number of hydrogen-bond acceptors (Lipinski definition) is 3. The normalized spacial score (nSPS) is 17.4. The summed E-state index contributed by atoms with van der Waals surface area (Å²) in [6, 6.07) is 6.21. The Morgan fingerprint density at radius 1 is 1.00 bits per heavy atom. The van der Waals surface area contributed by atoms with Crippen molar-refractivity contribution in [2.75, 3.05) is 4.90 Å². The van der Waals surface area contributed by atoms with Gasteiger partial charge in [-0.2, -0.15) is 0 Å². The second kappa shape index (κ2) is 6.82. The predicted molar refractivity (Wildman–Crippen MR) is 97.1 cm³/mol.